The van der Waals surface area contributed by atoms with Crippen LogP contribution in [0.4, 0.5) is 0 Å². The van der Waals surface area contributed by atoms with Crippen LogP contribution in [0, 0.1) is 11.8 Å². The number of likely N-dealkylation sites (tertiary alicyclic amines) is 1. The fourth-order valence-corrected chi connectivity index (χ4v) is 6.84. The van der Waals surface area contributed by atoms with Gasteiger partial charge in [-0.15, -0.1) is 0 Å². The van der Waals surface area contributed by atoms with E-state index in [0.717, 1.165) is 49.5 Å². The first-order valence-electron chi connectivity index (χ1n) is 17.3. The van der Waals surface area contributed by atoms with Gasteiger partial charge < -0.3 is 24.2 Å². The highest BCUT2D eigenvalue weighted by molar-refractivity contribution is 5.79. The Morgan fingerprint density at radius 3 is 2.11 bits per heavy atom. The third-order valence-electron chi connectivity index (χ3n) is 9.46. The summed E-state index contributed by atoms with van der Waals surface area (Å²) < 4.78 is 16.9. The SMILES string of the molecule is COCCCOC1=C(OC)CCC(C(O)N(CC2CN(Cc3ccccc3)C[C@H]2CN(C(=O)Cc2ccccc2)C(C)C)C(C)C)=C1. The number of hydrogen-bond acceptors (Lipinski definition) is 7. The van der Waals surface area contributed by atoms with Crippen molar-refractivity contribution in [2.45, 2.75) is 78.2 Å². The Morgan fingerprint density at radius 1 is 0.872 bits per heavy atom. The molecule has 2 aromatic rings. The van der Waals surface area contributed by atoms with Gasteiger partial charge in [0.1, 0.15) is 12.0 Å². The number of rotatable bonds is 18. The number of methoxy groups -OCH3 is 2. The van der Waals surface area contributed by atoms with Crippen molar-refractivity contribution in [3.05, 3.63) is 95.0 Å². The quantitative estimate of drug-likeness (QED) is 0.160. The second-order valence-corrected chi connectivity index (χ2v) is 13.6. The fourth-order valence-electron chi connectivity index (χ4n) is 6.84. The molecule has 0 aromatic heterocycles. The molecule has 1 N–H and O–H groups in total. The van der Waals surface area contributed by atoms with Crippen molar-refractivity contribution >= 4 is 5.91 Å². The standard InChI is InChI=1S/C39H57N3O5/c1-29(2)41(38(43)22-31-14-9-7-10-15-31)27-34-25-40(24-32-16-11-8-12-17-32)26-35(34)28-42(30(3)4)39(44)33-18-19-36(46-6)37(23-33)47-21-13-20-45-5/h7-12,14-17,23,29-30,34-35,39,44H,13,18-22,24-28H2,1-6H3/t34-,35?,39?/m0/s1. The summed E-state index contributed by atoms with van der Waals surface area (Å²) in [6, 6.07) is 20.9. The zero-order chi connectivity index (χ0) is 33.8. The normalized spacial score (nSPS) is 19.4. The summed E-state index contributed by atoms with van der Waals surface area (Å²) >= 11 is 0. The molecule has 1 heterocycles. The summed E-state index contributed by atoms with van der Waals surface area (Å²) in [6.45, 7) is 13.8. The molecule has 0 bridgehead atoms. The van der Waals surface area contributed by atoms with Crippen LogP contribution in [0.25, 0.3) is 0 Å². The largest absolute Gasteiger partial charge is 0.497 e. The average Bonchev–Trinajstić information content (AvgIpc) is 3.44. The smallest absolute Gasteiger partial charge is 0.227 e. The molecular formula is C39H57N3O5. The molecule has 3 atom stereocenters. The fraction of sp³-hybridized carbons (Fsp3) is 0.564. The predicted octanol–water partition coefficient (Wildman–Crippen LogP) is 5.87. The molecule has 2 aliphatic rings. The lowest BCUT2D eigenvalue weighted by Crippen LogP contribution is -2.48. The van der Waals surface area contributed by atoms with Crippen LogP contribution in [-0.4, -0.2) is 97.6 Å². The molecule has 2 aromatic carbocycles. The molecule has 258 valence electrons. The summed E-state index contributed by atoms with van der Waals surface area (Å²) in [4.78, 5) is 20.5. The van der Waals surface area contributed by atoms with Gasteiger partial charge in [-0.05, 0) is 68.7 Å². The van der Waals surface area contributed by atoms with Gasteiger partial charge in [-0.2, -0.15) is 0 Å². The Morgan fingerprint density at radius 2 is 1.51 bits per heavy atom. The molecule has 2 unspecified atom stereocenters. The summed E-state index contributed by atoms with van der Waals surface area (Å²) in [7, 11) is 3.37. The van der Waals surface area contributed by atoms with Crippen molar-refractivity contribution in [2.24, 2.45) is 11.8 Å². The number of nitrogens with zero attached hydrogens (tertiary/aromatic N) is 3. The first-order valence-corrected chi connectivity index (χ1v) is 17.3. The lowest BCUT2D eigenvalue weighted by Gasteiger charge is -2.38. The van der Waals surface area contributed by atoms with Crippen molar-refractivity contribution in [1.82, 2.24) is 14.7 Å². The number of aliphatic hydroxyl groups excluding tert-OH is 1. The predicted molar refractivity (Wildman–Crippen MR) is 187 cm³/mol. The Bertz CT molecular complexity index is 1300. The van der Waals surface area contributed by atoms with E-state index >= 15 is 0 Å². The highest BCUT2D eigenvalue weighted by atomic mass is 16.5. The number of benzene rings is 2. The average molecular weight is 648 g/mol. The van der Waals surface area contributed by atoms with Crippen molar-refractivity contribution in [1.29, 1.82) is 0 Å². The van der Waals surface area contributed by atoms with Crippen LogP contribution in [0.15, 0.2) is 83.8 Å². The minimum Gasteiger partial charge on any atom is -0.497 e. The molecule has 0 spiro atoms. The first-order chi connectivity index (χ1) is 22.7. The van der Waals surface area contributed by atoms with E-state index in [1.54, 1.807) is 14.2 Å². The molecule has 47 heavy (non-hydrogen) atoms. The minimum atomic E-state index is -0.740. The summed E-state index contributed by atoms with van der Waals surface area (Å²) in [5.41, 5.74) is 3.28. The molecule has 1 fully saturated rings. The number of ether oxygens (including phenoxy) is 3. The van der Waals surface area contributed by atoms with Gasteiger partial charge >= 0.3 is 0 Å². The van der Waals surface area contributed by atoms with Gasteiger partial charge in [0.05, 0.1) is 20.1 Å². The van der Waals surface area contributed by atoms with E-state index < -0.39 is 6.23 Å². The van der Waals surface area contributed by atoms with Crippen LogP contribution >= 0.6 is 0 Å². The number of allylic oxidation sites excluding steroid dienone is 2. The number of aliphatic hydroxyl groups is 1. The van der Waals surface area contributed by atoms with Crippen LogP contribution < -0.4 is 0 Å². The van der Waals surface area contributed by atoms with Gasteiger partial charge in [0.25, 0.3) is 0 Å². The topological polar surface area (TPSA) is 74.7 Å². The summed E-state index contributed by atoms with van der Waals surface area (Å²) in [5, 5.41) is 11.9. The first kappa shape index (κ1) is 36.7. The van der Waals surface area contributed by atoms with E-state index in [1.807, 2.05) is 36.4 Å². The lowest BCUT2D eigenvalue weighted by atomic mass is 9.92. The van der Waals surface area contributed by atoms with E-state index in [9.17, 15) is 9.90 Å². The second kappa shape index (κ2) is 18.4. The van der Waals surface area contributed by atoms with Crippen molar-refractivity contribution < 1.29 is 24.1 Å². The van der Waals surface area contributed by atoms with Gasteiger partial charge in [-0.25, -0.2) is 0 Å². The Labute approximate surface area is 283 Å². The van der Waals surface area contributed by atoms with Gasteiger partial charge in [0, 0.05) is 71.4 Å². The number of carbonyl (C=O) groups is 1. The van der Waals surface area contributed by atoms with Crippen molar-refractivity contribution in [2.75, 3.05) is 53.6 Å². The second-order valence-electron chi connectivity index (χ2n) is 13.6. The van der Waals surface area contributed by atoms with Gasteiger partial charge in [-0.3, -0.25) is 14.6 Å². The minimum absolute atomic E-state index is 0.0956. The van der Waals surface area contributed by atoms with Crippen LogP contribution in [0.2, 0.25) is 0 Å². The van der Waals surface area contributed by atoms with Crippen LogP contribution in [0.3, 0.4) is 0 Å². The van der Waals surface area contributed by atoms with Crippen LogP contribution in [-0.2, 0) is 32.0 Å². The van der Waals surface area contributed by atoms with E-state index in [1.165, 1.54) is 5.56 Å². The molecule has 4 rings (SSSR count). The third kappa shape index (κ3) is 10.7. The van der Waals surface area contributed by atoms with E-state index in [2.05, 4.69) is 72.7 Å². The third-order valence-corrected chi connectivity index (χ3v) is 9.46. The molecule has 1 amide bonds. The monoisotopic (exact) mass is 647 g/mol. The van der Waals surface area contributed by atoms with Crippen LogP contribution in [0.1, 0.15) is 58.1 Å². The molecule has 0 radical (unpaired) electrons. The Balaban J connectivity index is 1.53. The maximum atomic E-state index is 13.7. The number of carbonyl (C=O) groups excluding carboxylic acids is 1. The molecule has 1 saturated heterocycles. The molecule has 0 saturated carbocycles. The van der Waals surface area contributed by atoms with E-state index in [-0.39, 0.29) is 29.8 Å². The molecule has 8 heteroatoms. The maximum Gasteiger partial charge on any atom is 0.227 e. The number of hydrogen-bond donors (Lipinski definition) is 1. The van der Waals surface area contributed by atoms with E-state index in [0.29, 0.717) is 44.8 Å². The Kier molecular flexibility index (Phi) is 14.3. The van der Waals surface area contributed by atoms with Gasteiger partial charge in [-0.1, -0.05) is 60.7 Å². The van der Waals surface area contributed by atoms with Gasteiger partial charge in [0.15, 0.2) is 5.76 Å². The maximum absolute atomic E-state index is 13.7. The molecular weight excluding hydrogens is 590 g/mol. The highest BCUT2D eigenvalue weighted by Crippen LogP contribution is 2.32. The van der Waals surface area contributed by atoms with Gasteiger partial charge in [0.2, 0.25) is 5.91 Å². The zero-order valence-electron chi connectivity index (χ0n) is 29.4. The van der Waals surface area contributed by atoms with Crippen molar-refractivity contribution in [3.63, 3.8) is 0 Å². The molecule has 1 aliphatic carbocycles. The zero-order valence-corrected chi connectivity index (χ0v) is 29.4. The highest BCUT2D eigenvalue weighted by Gasteiger charge is 2.38. The molecule has 8 nitrogen and oxygen atoms in total. The molecule has 1 aliphatic heterocycles. The van der Waals surface area contributed by atoms with Crippen molar-refractivity contribution in [3.8, 4) is 0 Å². The summed E-state index contributed by atoms with van der Waals surface area (Å²) in [6.07, 6.45) is 3.82. The summed E-state index contributed by atoms with van der Waals surface area (Å²) in [5.74, 6) is 2.23. The van der Waals surface area contributed by atoms with E-state index in [4.69, 9.17) is 14.2 Å². The van der Waals surface area contributed by atoms with Crippen LogP contribution in [0.5, 0.6) is 0 Å². The number of amides is 1. The lowest BCUT2D eigenvalue weighted by molar-refractivity contribution is -0.133. The Hall–Kier alpha value is -3.17.